The van der Waals surface area contributed by atoms with Crippen molar-refractivity contribution in [3.8, 4) is 0 Å². The topological polar surface area (TPSA) is 50.9 Å². The van der Waals surface area contributed by atoms with Crippen LogP contribution in [-0.4, -0.2) is 19.9 Å². The van der Waals surface area contributed by atoms with Gasteiger partial charge in [0.05, 0.1) is 6.54 Å². The van der Waals surface area contributed by atoms with Crippen LogP contribution in [0.5, 0.6) is 0 Å². The molecule has 0 radical (unpaired) electrons. The molecule has 2 atom stereocenters. The molecule has 2 aromatic carbocycles. The molecule has 0 aliphatic rings. The van der Waals surface area contributed by atoms with Crippen molar-refractivity contribution in [3.05, 3.63) is 81.5 Å². The van der Waals surface area contributed by atoms with Crippen molar-refractivity contribution in [2.24, 2.45) is 0 Å². The maximum Gasteiger partial charge on any atom is 0.137 e. The number of hydrogen-bond donors (Lipinski definition) is 1. The number of benzene rings is 2. The zero-order valence-electron chi connectivity index (χ0n) is 13.4. The quantitative estimate of drug-likeness (QED) is 0.595. The lowest BCUT2D eigenvalue weighted by atomic mass is 9.78. The Morgan fingerprint density at radius 2 is 1.92 bits per heavy atom. The van der Waals surface area contributed by atoms with Gasteiger partial charge in [0.1, 0.15) is 29.9 Å². The van der Waals surface area contributed by atoms with E-state index in [4.69, 9.17) is 0 Å². The normalized spacial score (nSPS) is 14.9. The molecular weight excluding hydrogens is 439 g/mol. The lowest BCUT2D eigenvalue weighted by Crippen LogP contribution is -2.38. The lowest BCUT2D eigenvalue weighted by molar-refractivity contribution is -0.0112. The van der Waals surface area contributed by atoms with Gasteiger partial charge in [-0.15, -0.1) is 0 Å². The first kappa shape index (κ1) is 17.9. The Labute approximate surface area is 157 Å². The third-order valence-corrected chi connectivity index (χ3v) is 5.07. The summed E-state index contributed by atoms with van der Waals surface area (Å²) >= 11 is 2.19. The van der Waals surface area contributed by atoms with Crippen LogP contribution in [0.1, 0.15) is 24.0 Å². The predicted molar refractivity (Wildman–Crippen MR) is 97.9 cm³/mol. The van der Waals surface area contributed by atoms with Crippen LogP contribution in [0.15, 0.2) is 55.1 Å². The van der Waals surface area contributed by atoms with Gasteiger partial charge in [-0.25, -0.2) is 18.4 Å². The summed E-state index contributed by atoms with van der Waals surface area (Å²) in [6, 6.07) is 10.8. The van der Waals surface area contributed by atoms with Crippen molar-refractivity contribution in [1.29, 1.82) is 0 Å². The van der Waals surface area contributed by atoms with Gasteiger partial charge >= 0.3 is 0 Å². The van der Waals surface area contributed by atoms with Crippen LogP contribution in [0.2, 0.25) is 0 Å². The molecule has 7 heteroatoms. The standard InChI is InChI=1S/C18H16F2IN3O/c1-12(13-2-5-15(21)6-3-13)18(25,9-24-11-22-10-23-24)16-7-4-14(19)8-17(16)20/h2-8,10-12,25H,9H2,1H3/t12-,18+/m1/s1. The summed E-state index contributed by atoms with van der Waals surface area (Å²) in [5, 5.41) is 15.5. The molecule has 3 rings (SSSR count). The predicted octanol–water partition coefficient (Wildman–Crippen LogP) is 3.85. The van der Waals surface area contributed by atoms with Gasteiger partial charge in [0.15, 0.2) is 0 Å². The number of aliphatic hydroxyl groups is 1. The van der Waals surface area contributed by atoms with Crippen molar-refractivity contribution in [3.63, 3.8) is 0 Å². The minimum atomic E-state index is -1.63. The van der Waals surface area contributed by atoms with Crippen LogP contribution in [0.3, 0.4) is 0 Å². The molecule has 0 spiro atoms. The maximum absolute atomic E-state index is 14.5. The van der Waals surface area contributed by atoms with E-state index in [0.717, 1.165) is 21.3 Å². The molecule has 0 aliphatic heterocycles. The Hall–Kier alpha value is -1.87. The third-order valence-electron chi connectivity index (χ3n) is 4.35. The molecule has 0 aliphatic carbocycles. The van der Waals surface area contributed by atoms with Crippen molar-refractivity contribution < 1.29 is 13.9 Å². The van der Waals surface area contributed by atoms with E-state index in [-0.39, 0.29) is 12.1 Å². The Balaban J connectivity index is 2.09. The number of hydrogen-bond acceptors (Lipinski definition) is 3. The van der Waals surface area contributed by atoms with Crippen LogP contribution in [0, 0.1) is 15.2 Å². The van der Waals surface area contributed by atoms with E-state index in [1.165, 1.54) is 23.4 Å². The van der Waals surface area contributed by atoms with E-state index in [1.54, 1.807) is 0 Å². The molecule has 25 heavy (non-hydrogen) atoms. The number of nitrogens with zero attached hydrogens (tertiary/aromatic N) is 3. The first-order valence-corrected chi connectivity index (χ1v) is 8.74. The lowest BCUT2D eigenvalue weighted by Gasteiger charge is -2.35. The second-order valence-electron chi connectivity index (χ2n) is 5.91. The SMILES string of the molecule is C[C@H](c1ccc(I)cc1)[C@@](O)(Cn1cncn1)c1ccc(F)cc1F. The number of rotatable bonds is 5. The second-order valence-corrected chi connectivity index (χ2v) is 7.16. The Morgan fingerprint density at radius 1 is 1.20 bits per heavy atom. The average molecular weight is 455 g/mol. The Morgan fingerprint density at radius 3 is 2.52 bits per heavy atom. The Bertz CT molecular complexity index is 855. The summed E-state index contributed by atoms with van der Waals surface area (Å²) in [5.41, 5.74) is -0.764. The summed E-state index contributed by atoms with van der Waals surface area (Å²) in [7, 11) is 0. The molecular formula is C18H16F2IN3O. The molecule has 4 nitrogen and oxygen atoms in total. The van der Waals surface area contributed by atoms with E-state index in [9.17, 15) is 13.9 Å². The Kier molecular flexibility index (Phi) is 5.14. The first-order chi connectivity index (χ1) is 11.9. The van der Waals surface area contributed by atoms with Gasteiger partial charge < -0.3 is 5.11 Å². The molecule has 0 amide bonds. The van der Waals surface area contributed by atoms with E-state index in [0.29, 0.717) is 0 Å². The molecule has 0 saturated carbocycles. The van der Waals surface area contributed by atoms with Crippen LogP contribution >= 0.6 is 22.6 Å². The molecule has 1 aromatic heterocycles. The highest BCUT2D eigenvalue weighted by Gasteiger charge is 2.39. The molecule has 0 fully saturated rings. The highest BCUT2D eigenvalue weighted by atomic mass is 127. The highest BCUT2D eigenvalue weighted by molar-refractivity contribution is 14.1. The summed E-state index contributed by atoms with van der Waals surface area (Å²) in [5.74, 6) is -1.94. The van der Waals surface area contributed by atoms with Crippen molar-refractivity contribution in [2.45, 2.75) is 25.0 Å². The van der Waals surface area contributed by atoms with Crippen LogP contribution in [-0.2, 0) is 12.1 Å². The smallest absolute Gasteiger partial charge is 0.137 e. The van der Waals surface area contributed by atoms with Gasteiger partial charge in [-0.2, -0.15) is 5.10 Å². The van der Waals surface area contributed by atoms with Gasteiger partial charge in [0, 0.05) is 21.1 Å². The van der Waals surface area contributed by atoms with E-state index in [1.807, 2.05) is 31.2 Å². The summed E-state index contributed by atoms with van der Waals surface area (Å²) in [6.07, 6.45) is 2.80. The number of halogens is 3. The van der Waals surface area contributed by atoms with Crippen molar-refractivity contribution >= 4 is 22.6 Å². The fourth-order valence-corrected chi connectivity index (χ4v) is 3.24. The molecule has 1 heterocycles. The third kappa shape index (κ3) is 3.72. The van der Waals surface area contributed by atoms with Crippen LogP contribution < -0.4 is 0 Å². The van der Waals surface area contributed by atoms with E-state index >= 15 is 0 Å². The largest absolute Gasteiger partial charge is 0.382 e. The fraction of sp³-hybridized carbons (Fsp3) is 0.222. The number of aromatic nitrogens is 3. The fourth-order valence-electron chi connectivity index (χ4n) is 2.88. The molecule has 130 valence electrons. The van der Waals surface area contributed by atoms with Crippen molar-refractivity contribution in [1.82, 2.24) is 14.8 Å². The monoisotopic (exact) mass is 455 g/mol. The van der Waals surface area contributed by atoms with Gasteiger partial charge in [-0.05, 0) is 46.4 Å². The second kappa shape index (κ2) is 7.17. The molecule has 0 bridgehead atoms. The van der Waals surface area contributed by atoms with Crippen LogP contribution in [0.25, 0.3) is 0 Å². The summed E-state index contributed by atoms with van der Waals surface area (Å²) in [6.45, 7) is 1.80. The zero-order chi connectivity index (χ0) is 18.0. The minimum Gasteiger partial charge on any atom is -0.382 e. The molecule has 0 saturated heterocycles. The average Bonchev–Trinajstić information content (AvgIpc) is 3.07. The maximum atomic E-state index is 14.5. The van der Waals surface area contributed by atoms with Crippen molar-refractivity contribution in [2.75, 3.05) is 0 Å². The molecule has 1 N–H and O–H groups in total. The van der Waals surface area contributed by atoms with Gasteiger partial charge in [-0.3, -0.25) is 0 Å². The summed E-state index contributed by atoms with van der Waals surface area (Å²) in [4.78, 5) is 3.87. The first-order valence-electron chi connectivity index (χ1n) is 7.66. The zero-order valence-corrected chi connectivity index (χ0v) is 15.6. The van der Waals surface area contributed by atoms with Crippen LogP contribution in [0.4, 0.5) is 8.78 Å². The molecule has 3 aromatic rings. The molecule has 0 unspecified atom stereocenters. The highest BCUT2D eigenvalue weighted by Crippen LogP contribution is 2.39. The van der Waals surface area contributed by atoms with Gasteiger partial charge in [0.25, 0.3) is 0 Å². The minimum absolute atomic E-state index is 0.0112. The summed E-state index contributed by atoms with van der Waals surface area (Å²) < 4.78 is 30.3. The van der Waals surface area contributed by atoms with E-state index in [2.05, 4.69) is 32.7 Å². The van der Waals surface area contributed by atoms with E-state index < -0.39 is 23.2 Å². The van der Waals surface area contributed by atoms with Gasteiger partial charge in [0.2, 0.25) is 0 Å². The van der Waals surface area contributed by atoms with Gasteiger partial charge in [-0.1, -0.05) is 25.1 Å².